The highest BCUT2D eigenvalue weighted by Crippen LogP contribution is 2.35. The fourth-order valence-electron chi connectivity index (χ4n) is 2.50. The molecule has 0 saturated heterocycles. The maximum atomic E-state index is 5.52. The largest absolute Gasteiger partial charge is 0.454 e. The van der Waals surface area contributed by atoms with Gasteiger partial charge in [-0.05, 0) is 36.6 Å². The van der Waals surface area contributed by atoms with Crippen LogP contribution in [0.15, 0.2) is 42.5 Å². The highest BCUT2D eigenvalue weighted by molar-refractivity contribution is 5.51. The number of unbranched alkanes of at least 4 members (excludes halogenated alkanes) is 1. The molecule has 1 aliphatic heterocycles. The summed E-state index contributed by atoms with van der Waals surface area (Å²) in [5, 5.41) is 3.44. The molecule has 0 aliphatic carbocycles. The molecule has 0 amide bonds. The second kappa shape index (κ2) is 6.53. The van der Waals surface area contributed by atoms with Crippen LogP contribution >= 0.6 is 0 Å². The van der Waals surface area contributed by atoms with Gasteiger partial charge in [-0.25, -0.2) is 0 Å². The van der Waals surface area contributed by atoms with E-state index in [2.05, 4.69) is 42.6 Å². The van der Waals surface area contributed by atoms with Gasteiger partial charge in [-0.2, -0.15) is 0 Å². The number of nitrogens with one attached hydrogen (secondary N) is 1. The molecule has 2 aromatic carbocycles. The summed E-state index contributed by atoms with van der Waals surface area (Å²) in [5.74, 6) is 1.70. The molecule has 3 nitrogen and oxygen atoms in total. The van der Waals surface area contributed by atoms with Crippen LogP contribution in [0.3, 0.4) is 0 Å². The summed E-state index contributed by atoms with van der Waals surface area (Å²) in [6.45, 7) is 3.28. The van der Waals surface area contributed by atoms with E-state index in [1.807, 2.05) is 12.1 Å². The van der Waals surface area contributed by atoms with Gasteiger partial charge < -0.3 is 14.8 Å². The van der Waals surface area contributed by atoms with Crippen LogP contribution in [0.1, 0.15) is 30.9 Å². The average molecular weight is 283 g/mol. The van der Waals surface area contributed by atoms with Gasteiger partial charge in [-0.15, -0.1) is 0 Å². The van der Waals surface area contributed by atoms with Gasteiger partial charge in [0.05, 0.1) is 0 Å². The lowest BCUT2D eigenvalue weighted by Gasteiger charge is -2.09. The summed E-state index contributed by atoms with van der Waals surface area (Å²) in [6, 6.07) is 14.7. The van der Waals surface area contributed by atoms with Crippen molar-refractivity contribution in [3.8, 4) is 11.5 Å². The first kappa shape index (κ1) is 13.8. The quantitative estimate of drug-likeness (QED) is 0.854. The number of para-hydroxylation sites is 1. The SMILES string of the molecule is CCCCc1ccc(NCc2cccc3c2OCO3)cc1. The third kappa shape index (κ3) is 3.30. The fraction of sp³-hybridized carbons (Fsp3) is 0.333. The van der Waals surface area contributed by atoms with E-state index < -0.39 is 0 Å². The number of anilines is 1. The van der Waals surface area contributed by atoms with E-state index in [4.69, 9.17) is 9.47 Å². The van der Waals surface area contributed by atoms with Gasteiger partial charge in [0.1, 0.15) is 0 Å². The van der Waals surface area contributed by atoms with Crippen LogP contribution < -0.4 is 14.8 Å². The van der Waals surface area contributed by atoms with Crippen LogP contribution in [-0.2, 0) is 13.0 Å². The minimum Gasteiger partial charge on any atom is -0.454 e. The summed E-state index contributed by atoms with van der Waals surface area (Å²) < 4.78 is 10.9. The van der Waals surface area contributed by atoms with Gasteiger partial charge in [0.15, 0.2) is 11.5 Å². The molecule has 0 radical (unpaired) electrons. The van der Waals surface area contributed by atoms with Crippen LogP contribution in [0.2, 0.25) is 0 Å². The second-order valence-corrected chi connectivity index (χ2v) is 5.30. The third-order valence-electron chi connectivity index (χ3n) is 3.73. The molecular formula is C18H21NO2. The second-order valence-electron chi connectivity index (χ2n) is 5.30. The maximum absolute atomic E-state index is 5.52. The van der Waals surface area contributed by atoms with Crippen LogP contribution in [0.25, 0.3) is 0 Å². The van der Waals surface area contributed by atoms with Gasteiger partial charge in [0.2, 0.25) is 6.79 Å². The van der Waals surface area contributed by atoms with Gasteiger partial charge in [0.25, 0.3) is 0 Å². The van der Waals surface area contributed by atoms with E-state index in [1.54, 1.807) is 0 Å². The molecule has 21 heavy (non-hydrogen) atoms. The van der Waals surface area contributed by atoms with Crippen molar-refractivity contribution >= 4 is 5.69 Å². The Labute approximate surface area is 125 Å². The highest BCUT2D eigenvalue weighted by atomic mass is 16.7. The summed E-state index contributed by atoms with van der Waals surface area (Å²) >= 11 is 0. The summed E-state index contributed by atoms with van der Waals surface area (Å²) in [5.41, 5.74) is 3.66. The lowest BCUT2D eigenvalue weighted by atomic mass is 10.1. The van der Waals surface area contributed by atoms with Gasteiger partial charge in [0, 0.05) is 17.8 Å². The van der Waals surface area contributed by atoms with E-state index in [0.717, 1.165) is 35.7 Å². The topological polar surface area (TPSA) is 30.5 Å². The number of hydrogen-bond donors (Lipinski definition) is 1. The zero-order chi connectivity index (χ0) is 14.5. The molecule has 0 bridgehead atoms. The predicted octanol–water partition coefficient (Wildman–Crippen LogP) is 4.37. The number of fused-ring (bicyclic) bond motifs is 1. The Morgan fingerprint density at radius 1 is 1.05 bits per heavy atom. The summed E-state index contributed by atoms with van der Waals surface area (Å²) in [6.07, 6.45) is 3.65. The van der Waals surface area contributed by atoms with Crippen molar-refractivity contribution in [3.05, 3.63) is 53.6 Å². The highest BCUT2D eigenvalue weighted by Gasteiger charge is 2.16. The Balaban J connectivity index is 1.61. The molecule has 1 heterocycles. The zero-order valence-electron chi connectivity index (χ0n) is 12.4. The molecule has 3 heteroatoms. The molecule has 1 aliphatic rings. The molecule has 0 fully saturated rings. The molecular weight excluding hydrogens is 262 g/mol. The van der Waals surface area contributed by atoms with E-state index in [-0.39, 0.29) is 0 Å². The normalized spacial score (nSPS) is 12.4. The number of hydrogen-bond acceptors (Lipinski definition) is 3. The van der Waals surface area contributed by atoms with Crippen molar-refractivity contribution in [1.29, 1.82) is 0 Å². The first-order valence-corrected chi connectivity index (χ1v) is 7.57. The number of ether oxygens (including phenoxy) is 2. The van der Waals surface area contributed by atoms with Crippen LogP contribution in [-0.4, -0.2) is 6.79 Å². The van der Waals surface area contributed by atoms with Crippen molar-refractivity contribution in [1.82, 2.24) is 0 Å². The van der Waals surface area contributed by atoms with E-state index in [1.165, 1.54) is 18.4 Å². The Morgan fingerprint density at radius 2 is 1.90 bits per heavy atom. The first-order chi connectivity index (χ1) is 10.4. The van der Waals surface area contributed by atoms with Crippen molar-refractivity contribution in [2.24, 2.45) is 0 Å². The molecule has 3 rings (SSSR count). The molecule has 0 atom stereocenters. The smallest absolute Gasteiger partial charge is 0.231 e. The number of rotatable bonds is 6. The Morgan fingerprint density at radius 3 is 2.71 bits per heavy atom. The lowest BCUT2D eigenvalue weighted by Crippen LogP contribution is -2.01. The van der Waals surface area contributed by atoms with Gasteiger partial charge in [-0.1, -0.05) is 37.6 Å². The molecule has 0 spiro atoms. The Hall–Kier alpha value is -2.16. The average Bonchev–Trinajstić information content (AvgIpc) is 3.01. The lowest BCUT2D eigenvalue weighted by molar-refractivity contribution is 0.173. The maximum Gasteiger partial charge on any atom is 0.231 e. The monoisotopic (exact) mass is 283 g/mol. The van der Waals surface area contributed by atoms with Gasteiger partial charge in [-0.3, -0.25) is 0 Å². The van der Waals surface area contributed by atoms with Crippen molar-refractivity contribution in [2.75, 3.05) is 12.1 Å². The molecule has 0 aromatic heterocycles. The first-order valence-electron chi connectivity index (χ1n) is 7.57. The Bertz CT molecular complexity index is 593. The molecule has 0 saturated carbocycles. The molecule has 110 valence electrons. The predicted molar refractivity (Wildman–Crippen MR) is 84.9 cm³/mol. The van der Waals surface area contributed by atoms with Gasteiger partial charge >= 0.3 is 0 Å². The minimum atomic E-state index is 0.318. The Kier molecular flexibility index (Phi) is 4.29. The van der Waals surface area contributed by atoms with Crippen molar-refractivity contribution in [3.63, 3.8) is 0 Å². The van der Waals surface area contributed by atoms with Crippen molar-refractivity contribution < 1.29 is 9.47 Å². The minimum absolute atomic E-state index is 0.318. The third-order valence-corrected chi connectivity index (χ3v) is 3.73. The van der Waals surface area contributed by atoms with Crippen molar-refractivity contribution in [2.45, 2.75) is 32.7 Å². The molecule has 0 unspecified atom stereocenters. The molecule has 2 aromatic rings. The number of aryl methyl sites for hydroxylation is 1. The number of benzene rings is 2. The van der Waals surface area contributed by atoms with E-state index in [9.17, 15) is 0 Å². The zero-order valence-corrected chi connectivity index (χ0v) is 12.4. The van der Waals surface area contributed by atoms with E-state index >= 15 is 0 Å². The summed E-state index contributed by atoms with van der Waals surface area (Å²) in [7, 11) is 0. The van der Waals surface area contributed by atoms with Crippen LogP contribution in [0.4, 0.5) is 5.69 Å². The van der Waals surface area contributed by atoms with Crippen LogP contribution in [0.5, 0.6) is 11.5 Å². The standard InChI is InChI=1S/C18H21NO2/c1-2-3-5-14-8-10-16(11-9-14)19-12-15-6-4-7-17-18(15)21-13-20-17/h4,6-11,19H,2-3,5,12-13H2,1H3. The fourth-order valence-corrected chi connectivity index (χ4v) is 2.50. The summed E-state index contributed by atoms with van der Waals surface area (Å²) in [4.78, 5) is 0. The van der Waals surface area contributed by atoms with E-state index in [0.29, 0.717) is 6.79 Å². The van der Waals surface area contributed by atoms with Crippen LogP contribution in [0, 0.1) is 0 Å². The molecule has 1 N–H and O–H groups in total.